The molecule has 2 nitrogen and oxygen atoms in total. The zero-order chi connectivity index (χ0) is 38.5. The summed E-state index contributed by atoms with van der Waals surface area (Å²) in [6.07, 6.45) is 0. The van der Waals surface area contributed by atoms with Crippen molar-refractivity contribution in [1.82, 2.24) is 0 Å². The van der Waals surface area contributed by atoms with Gasteiger partial charge in [-0.05, 0) is 104 Å². The normalized spacial score (nSPS) is 13.1. The van der Waals surface area contributed by atoms with Gasteiger partial charge in [0.05, 0.1) is 0 Å². The van der Waals surface area contributed by atoms with E-state index < -0.39 is 0 Å². The molecule has 2 aromatic heterocycles. The predicted octanol–water partition coefficient (Wildman–Crippen LogP) is 16.2. The van der Waals surface area contributed by atoms with Crippen molar-refractivity contribution in [1.29, 1.82) is 0 Å². The molecule has 0 aliphatic heterocycles. The molecule has 11 aromatic rings. The Bertz CT molecular complexity index is 3410. The number of nitrogens with zero attached hydrogens (tertiary/aromatic N) is 1. The van der Waals surface area contributed by atoms with Crippen molar-refractivity contribution < 1.29 is 4.42 Å². The summed E-state index contributed by atoms with van der Waals surface area (Å²) in [5.41, 5.74) is 15.2. The quantitative estimate of drug-likeness (QED) is 0.174. The third-order valence-electron chi connectivity index (χ3n) is 12.5. The Balaban J connectivity index is 1.03. The van der Waals surface area contributed by atoms with Gasteiger partial charge in [-0.2, -0.15) is 0 Å². The summed E-state index contributed by atoms with van der Waals surface area (Å²) in [4.78, 5) is 2.40. The van der Waals surface area contributed by atoms with Crippen LogP contribution in [0.25, 0.3) is 86.3 Å². The van der Waals surface area contributed by atoms with Crippen LogP contribution in [-0.2, 0) is 5.41 Å². The minimum absolute atomic E-state index is 0.106. The average Bonchev–Trinajstić information content (AvgIpc) is 3.92. The Morgan fingerprint density at radius 1 is 0.414 bits per heavy atom. The smallest absolute Gasteiger partial charge is 0.136 e. The summed E-state index contributed by atoms with van der Waals surface area (Å²) in [7, 11) is 0. The fourth-order valence-electron chi connectivity index (χ4n) is 9.64. The highest BCUT2D eigenvalue weighted by atomic mass is 32.1. The van der Waals surface area contributed by atoms with E-state index in [1.54, 1.807) is 0 Å². The van der Waals surface area contributed by atoms with Crippen molar-refractivity contribution >= 4 is 81.3 Å². The topological polar surface area (TPSA) is 16.4 Å². The van der Waals surface area contributed by atoms with E-state index >= 15 is 0 Å². The number of anilines is 3. The SMILES string of the molecule is CC1(C)c2ccccc2-c2ccc(N(c3ccc(-c4ccccc4)cc3)c3ccc(-c4cc5oc6ccccc6c5c5c4ccc4c6ccccc6sc45)cc3)cc21. The number of furan rings is 1. The number of benzene rings is 9. The predicted molar refractivity (Wildman–Crippen MR) is 247 cm³/mol. The first-order valence-electron chi connectivity index (χ1n) is 20.0. The van der Waals surface area contributed by atoms with Crippen LogP contribution >= 0.6 is 11.3 Å². The van der Waals surface area contributed by atoms with Gasteiger partial charge in [-0.25, -0.2) is 0 Å². The molecule has 0 amide bonds. The molecule has 274 valence electrons. The molecule has 0 saturated carbocycles. The Hall–Kier alpha value is -6.94. The van der Waals surface area contributed by atoms with Crippen molar-refractivity contribution in [2.45, 2.75) is 19.3 Å². The summed E-state index contributed by atoms with van der Waals surface area (Å²) in [5, 5.41) is 7.44. The number of para-hydroxylation sites is 1. The third-order valence-corrected chi connectivity index (χ3v) is 13.7. The first kappa shape index (κ1) is 33.2. The second-order valence-electron chi connectivity index (χ2n) is 16.1. The summed E-state index contributed by atoms with van der Waals surface area (Å²) >= 11 is 1.88. The van der Waals surface area contributed by atoms with E-state index in [0.29, 0.717) is 0 Å². The summed E-state index contributed by atoms with van der Waals surface area (Å²) in [6, 6.07) is 68.7. The molecule has 2 heterocycles. The number of fused-ring (bicyclic) bond motifs is 12. The molecule has 0 bridgehead atoms. The monoisotopic (exact) mass is 759 g/mol. The first-order chi connectivity index (χ1) is 28.5. The van der Waals surface area contributed by atoms with Gasteiger partial charge >= 0.3 is 0 Å². The molecule has 0 fully saturated rings. The van der Waals surface area contributed by atoms with E-state index in [-0.39, 0.29) is 5.41 Å². The van der Waals surface area contributed by atoms with E-state index in [9.17, 15) is 0 Å². The number of hydrogen-bond donors (Lipinski definition) is 0. The second-order valence-corrected chi connectivity index (χ2v) is 17.1. The molecule has 58 heavy (non-hydrogen) atoms. The van der Waals surface area contributed by atoms with Crippen LogP contribution in [0.3, 0.4) is 0 Å². The molecule has 9 aromatic carbocycles. The van der Waals surface area contributed by atoms with Crippen molar-refractivity contribution in [3.05, 3.63) is 199 Å². The van der Waals surface area contributed by atoms with Crippen LogP contribution in [0.4, 0.5) is 17.1 Å². The van der Waals surface area contributed by atoms with Crippen LogP contribution in [0.5, 0.6) is 0 Å². The molecule has 1 aliphatic carbocycles. The highest BCUT2D eigenvalue weighted by Crippen LogP contribution is 2.51. The van der Waals surface area contributed by atoms with E-state index in [0.717, 1.165) is 39.2 Å². The first-order valence-corrected chi connectivity index (χ1v) is 20.8. The van der Waals surface area contributed by atoms with Crippen molar-refractivity contribution in [3.8, 4) is 33.4 Å². The zero-order valence-electron chi connectivity index (χ0n) is 32.2. The molecule has 1 aliphatic rings. The van der Waals surface area contributed by atoms with E-state index in [1.807, 2.05) is 11.3 Å². The van der Waals surface area contributed by atoms with Gasteiger partial charge in [0, 0.05) is 58.8 Å². The Kier molecular flexibility index (Phi) is 7.18. The third kappa shape index (κ3) is 4.90. The minimum Gasteiger partial charge on any atom is -0.456 e. The maximum atomic E-state index is 6.64. The largest absolute Gasteiger partial charge is 0.456 e. The highest BCUT2D eigenvalue weighted by Gasteiger charge is 2.35. The van der Waals surface area contributed by atoms with Gasteiger partial charge in [0.1, 0.15) is 11.2 Å². The van der Waals surface area contributed by atoms with Crippen molar-refractivity contribution in [2.24, 2.45) is 0 Å². The fraction of sp³-hybridized carbons (Fsp3) is 0.0545. The Labute approximate surface area is 340 Å². The molecule has 12 rings (SSSR count). The van der Waals surface area contributed by atoms with Crippen LogP contribution in [0.15, 0.2) is 192 Å². The Morgan fingerprint density at radius 3 is 1.84 bits per heavy atom. The van der Waals surface area contributed by atoms with Crippen LogP contribution in [0, 0.1) is 0 Å². The van der Waals surface area contributed by atoms with Gasteiger partial charge in [-0.15, -0.1) is 11.3 Å². The molecule has 3 heteroatoms. The zero-order valence-corrected chi connectivity index (χ0v) is 33.0. The summed E-state index contributed by atoms with van der Waals surface area (Å²) in [5.74, 6) is 0. The van der Waals surface area contributed by atoms with Crippen LogP contribution in [0.1, 0.15) is 25.0 Å². The molecular formula is C55H37NOS. The van der Waals surface area contributed by atoms with Gasteiger partial charge in [-0.3, -0.25) is 0 Å². The van der Waals surface area contributed by atoms with Gasteiger partial charge in [0.15, 0.2) is 0 Å². The average molecular weight is 760 g/mol. The van der Waals surface area contributed by atoms with Gasteiger partial charge in [-0.1, -0.05) is 147 Å². The lowest BCUT2D eigenvalue weighted by Crippen LogP contribution is -2.16. The highest BCUT2D eigenvalue weighted by molar-refractivity contribution is 7.26. The van der Waals surface area contributed by atoms with E-state index in [1.165, 1.54) is 75.3 Å². The molecule has 0 saturated heterocycles. The molecule has 0 atom stereocenters. The van der Waals surface area contributed by atoms with Gasteiger partial charge in [0.2, 0.25) is 0 Å². The van der Waals surface area contributed by atoms with Gasteiger partial charge in [0.25, 0.3) is 0 Å². The number of hydrogen-bond acceptors (Lipinski definition) is 3. The van der Waals surface area contributed by atoms with Crippen molar-refractivity contribution in [2.75, 3.05) is 4.90 Å². The molecular weight excluding hydrogens is 723 g/mol. The van der Waals surface area contributed by atoms with Crippen LogP contribution in [-0.4, -0.2) is 0 Å². The fourth-order valence-corrected chi connectivity index (χ4v) is 10.9. The number of thiophene rings is 1. The maximum Gasteiger partial charge on any atom is 0.136 e. The molecule has 0 unspecified atom stereocenters. The lowest BCUT2D eigenvalue weighted by molar-refractivity contribution is 0.660. The lowest BCUT2D eigenvalue weighted by Gasteiger charge is -2.28. The number of rotatable bonds is 5. The molecule has 0 N–H and O–H groups in total. The summed E-state index contributed by atoms with van der Waals surface area (Å²) < 4.78 is 9.25. The second kappa shape index (κ2) is 12.5. The van der Waals surface area contributed by atoms with E-state index in [2.05, 4.69) is 207 Å². The minimum atomic E-state index is -0.106. The van der Waals surface area contributed by atoms with Crippen LogP contribution < -0.4 is 4.90 Å². The standard InChI is InChI=1S/C55H37NOS/c1-55(2)47-17-9-6-14-40(47)41-29-28-39(32-48(41)55)56(37-24-20-35(21-25-37)34-12-4-3-5-13-34)38-26-22-36(23-27-38)46-33-50-52(45-16-7-10-18-49(45)57-50)53-43(46)30-31-44-42-15-8-11-19-51(42)58-54(44)53/h3-33H,1-2H3. The maximum absolute atomic E-state index is 6.64. The lowest BCUT2D eigenvalue weighted by atomic mass is 9.82. The molecule has 0 radical (unpaired) electrons. The molecule has 0 spiro atoms. The van der Waals surface area contributed by atoms with E-state index in [4.69, 9.17) is 4.42 Å². The summed E-state index contributed by atoms with van der Waals surface area (Å²) in [6.45, 7) is 4.70. The Morgan fingerprint density at radius 2 is 1.03 bits per heavy atom. The van der Waals surface area contributed by atoms with Gasteiger partial charge < -0.3 is 9.32 Å². The van der Waals surface area contributed by atoms with Crippen molar-refractivity contribution in [3.63, 3.8) is 0 Å². The van der Waals surface area contributed by atoms with Crippen LogP contribution in [0.2, 0.25) is 0 Å².